The van der Waals surface area contributed by atoms with Crippen LogP contribution >= 0.6 is 11.6 Å². The van der Waals surface area contributed by atoms with Crippen molar-refractivity contribution >= 4 is 17.9 Å². The van der Waals surface area contributed by atoms with E-state index in [1.807, 2.05) is 0 Å². The third kappa shape index (κ3) is 2.03. The lowest BCUT2D eigenvalue weighted by atomic mass is 10.1. The average Bonchev–Trinajstić information content (AvgIpc) is 2.03. The topological polar surface area (TPSA) is 37.3 Å². The molecule has 2 nitrogen and oxygen atoms in total. The Morgan fingerprint density at radius 3 is 2.82 bits per heavy atom. The molecule has 0 aromatic heterocycles. The molecule has 0 heterocycles. The van der Waals surface area contributed by atoms with Gasteiger partial charge in [0.05, 0.1) is 0 Å². The average molecular weight is 171 g/mol. The van der Waals surface area contributed by atoms with Crippen molar-refractivity contribution in [3.05, 3.63) is 34.9 Å². The van der Waals surface area contributed by atoms with Crippen molar-refractivity contribution in [3.63, 3.8) is 0 Å². The van der Waals surface area contributed by atoms with Crippen LogP contribution in [0.2, 0.25) is 5.02 Å². The quantitative estimate of drug-likeness (QED) is 0.685. The molecule has 1 aromatic carbocycles. The molecule has 1 atom stereocenters. The van der Waals surface area contributed by atoms with Gasteiger partial charge in [-0.25, -0.2) is 0 Å². The lowest BCUT2D eigenvalue weighted by Crippen LogP contribution is -1.96. The summed E-state index contributed by atoms with van der Waals surface area (Å²) in [5.41, 5.74) is 0.521. The molecule has 0 bridgehead atoms. The molecule has 1 aromatic rings. The molecular formula is C8H7ClO2. The van der Waals surface area contributed by atoms with Crippen LogP contribution in [0.5, 0.6) is 0 Å². The van der Waals surface area contributed by atoms with E-state index < -0.39 is 6.10 Å². The smallest absolute Gasteiger partial charge is 0.153 e. The highest BCUT2D eigenvalue weighted by Crippen LogP contribution is 2.15. The molecule has 0 aliphatic heterocycles. The maximum atomic E-state index is 10.1. The zero-order valence-electron chi connectivity index (χ0n) is 5.70. The third-order valence-corrected chi connectivity index (χ3v) is 1.55. The van der Waals surface area contributed by atoms with Crippen molar-refractivity contribution in [2.24, 2.45) is 0 Å². The molecule has 0 aliphatic carbocycles. The van der Waals surface area contributed by atoms with Crippen LogP contribution in [-0.2, 0) is 4.79 Å². The van der Waals surface area contributed by atoms with Gasteiger partial charge in [0.2, 0.25) is 0 Å². The first kappa shape index (κ1) is 8.24. The van der Waals surface area contributed by atoms with E-state index in [1.165, 1.54) is 0 Å². The van der Waals surface area contributed by atoms with Gasteiger partial charge in [0, 0.05) is 5.02 Å². The number of carbonyl (C=O) groups is 1. The monoisotopic (exact) mass is 170 g/mol. The number of carbonyl (C=O) groups excluding carboxylic acids is 1. The van der Waals surface area contributed by atoms with Crippen LogP contribution in [0.15, 0.2) is 24.3 Å². The minimum atomic E-state index is -1.06. The molecule has 58 valence electrons. The van der Waals surface area contributed by atoms with Gasteiger partial charge in [-0.2, -0.15) is 0 Å². The Bertz CT molecular complexity index is 260. The largest absolute Gasteiger partial charge is 0.381 e. The first-order valence-electron chi connectivity index (χ1n) is 3.13. The zero-order chi connectivity index (χ0) is 8.27. The van der Waals surface area contributed by atoms with Gasteiger partial charge in [-0.3, -0.25) is 0 Å². The van der Waals surface area contributed by atoms with E-state index in [0.717, 1.165) is 0 Å². The number of halogens is 1. The third-order valence-electron chi connectivity index (χ3n) is 1.32. The second kappa shape index (κ2) is 3.51. The summed E-state index contributed by atoms with van der Waals surface area (Å²) in [6, 6.07) is 6.57. The molecule has 3 heteroatoms. The zero-order valence-corrected chi connectivity index (χ0v) is 6.45. The molecule has 0 spiro atoms. The Morgan fingerprint density at radius 1 is 1.55 bits per heavy atom. The number of aldehydes is 1. The summed E-state index contributed by atoms with van der Waals surface area (Å²) in [7, 11) is 0. The van der Waals surface area contributed by atoms with E-state index >= 15 is 0 Å². The predicted octanol–water partition coefficient (Wildman–Crippen LogP) is 1.57. The Labute approximate surface area is 69.4 Å². The van der Waals surface area contributed by atoms with Gasteiger partial charge < -0.3 is 9.90 Å². The van der Waals surface area contributed by atoms with Crippen LogP contribution in [0, 0.1) is 0 Å². The van der Waals surface area contributed by atoms with Gasteiger partial charge in [0.1, 0.15) is 6.10 Å². The van der Waals surface area contributed by atoms with Crippen molar-refractivity contribution in [2.75, 3.05) is 0 Å². The number of hydrogen-bond acceptors (Lipinski definition) is 2. The van der Waals surface area contributed by atoms with Crippen molar-refractivity contribution < 1.29 is 9.90 Å². The number of rotatable bonds is 2. The summed E-state index contributed by atoms with van der Waals surface area (Å²) < 4.78 is 0. The highest BCUT2D eigenvalue weighted by atomic mass is 35.5. The summed E-state index contributed by atoms with van der Waals surface area (Å²) in [5, 5.41) is 9.54. The standard InChI is InChI=1S/C8H7ClO2/c9-7-3-1-2-6(4-7)8(11)5-10/h1-5,8,11H. The molecule has 1 unspecified atom stereocenters. The maximum absolute atomic E-state index is 10.1. The van der Waals surface area contributed by atoms with Crippen LogP contribution in [0.3, 0.4) is 0 Å². The van der Waals surface area contributed by atoms with Crippen LogP contribution in [0.25, 0.3) is 0 Å². The van der Waals surface area contributed by atoms with Crippen molar-refractivity contribution in [1.82, 2.24) is 0 Å². The highest BCUT2D eigenvalue weighted by molar-refractivity contribution is 6.30. The van der Waals surface area contributed by atoms with Crippen LogP contribution < -0.4 is 0 Å². The summed E-state index contributed by atoms with van der Waals surface area (Å²) in [6.07, 6.45) is -0.597. The Hall–Kier alpha value is -0.860. The first-order chi connectivity index (χ1) is 5.24. The normalized spacial score (nSPS) is 12.5. The minimum Gasteiger partial charge on any atom is -0.381 e. The molecule has 0 fully saturated rings. The number of aliphatic hydroxyl groups excluding tert-OH is 1. The van der Waals surface area contributed by atoms with E-state index in [0.29, 0.717) is 16.9 Å². The van der Waals surface area contributed by atoms with Crippen LogP contribution in [-0.4, -0.2) is 11.4 Å². The number of aliphatic hydroxyl groups is 1. The van der Waals surface area contributed by atoms with Gasteiger partial charge in [-0.1, -0.05) is 23.7 Å². The summed E-state index contributed by atoms with van der Waals surface area (Å²) >= 11 is 5.62. The van der Waals surface area contributed by atoms with Crippen molar-refractivity contribution in [1.29, 1.82) is 0 Å². The van der Waals surface area contributed by atoms with Gasteiger partial charge in [-0.15, -0.1) is 0 Å². The van der Waals surface area contributed by atoms with E-state index in [1.54, 1.807) is 24.3 Å². The predicted molar refractivity (Wildman–Crippen MR) is 42.5 cm³/mol. The molecule has 0 aliphatic rings. The Balaban J connectivity index is 2.95. The highest BCUT2D eigenvalue weighted by Gasteiger charge is 2.04. The van der Waals surface area contributed by atoms with Gasteiger partial charge >= 0.3 is 0 Å². The summed E-state index contributed by atoms with van der Waals surface area (Å²) in [6.45, 7) is 0. The SMILES string of the molecule is O=CC(O)c1cccc(Cl)c1. The van der Waals surface area contributed by atoms with Crippen molar-refractivity contribution in [2.45, 2.75) is 6.10 Å². The molecule has 11 heavy (non-hydrogen) atoms. The Kier molecular flexibility index (Phi) is 2.63. The second-order valence-corrected chi connectivity index (χ2v) is 2.57. The molecule has 0 radical (unpaired) electrons. The molecule has 0 amide bonds. The summed E-state index contributed by atoms with van der Waals surface area (Å²) in [4.78, 5) is 10.1. The van der Waals surface area contributed by atoms with E-state index in [-0.39, 0.29) is 0 Å². The molecular weight excluding hydrogens is 164 g/mol. The van der Waals surface area contributed by atoms with E-state index in [2.05, 4.69) is 0 Å². The molecule has 1 N–H and O–H groups in total. The first-order valence-corrected chi connectivity index (χ1v) is 3.50. The summed E-state index contributed by atoms with van der Waals surface area (Å²) in [5.74, 6) is 0. The van der Waals surface area contributed by atoms with Gasteiger partial charge in [-0.05, 0) is 17.7 Å². The Morgan fingerprint density at radius 2 is 2.27 bits per heavy atom. The maximum Gasteiger partial charge on any atom is 0.153 e. The van der Waals surface area contributed by atoms with Gasteiger partial charge in [0.25, 0.3) is 0 Å². The number of benzene rings is 1. The van der Waals surface area contributed by atoms with Crippen molar-refractivity contribution in [3.8, 4) is 0 Å². The second-order valence-electron chi connectivity index (χ2n) is 2.14. The number of hydrogen-bond donors (Lipinski definition) is 1. The minimum absolute atomic E-state index is 0.464. The van der Waals surface area contributed by atoms with Gasteiger partial charge in [0.15, 0.2) is 6.29 Å². The van der Waals surface area contributed by atoms with E-state index in [9.17, 15) is 4.79 Å². The van der Waals surface area contributed by atoms with Crippen LogP contribution in [0.4, 0.5) is 0 Å². The molecule has 0 saturated carbocycles. The molecule has 1 rings (SSSR count). The fourth-order valence-corrected chi connectivity index (χ4v) is 0.968. The molecule has 0 saturated heterocycles. The fraction of sp³-hybridized carbons (Fsp3) is 0.125. The fourth-order valence-electron chi connectivity index (χ4n) is 0.769. The lowest BCUT2D eigenvalue weighted by Gasteiger charge is -2.01. The lowest BCUT2D eigenvalue weighted by molar-refractivity contribution is -0.115. The van der Waals surface area contributed by atoms with E-state index in [4.69, 9.17) is 16.7 Å². The van der Waals surface area contributed by atoms with Crippen LogP contribution in [0.1, 0.15) is 11.7 Å².